The minimum Gasteiger partial charge on any atom is -0.350 e. The molecule has 0 fully saturated rings. The molecule has 0 aliphatic rings. The Labute approximate surface area is 92.4 Å². The Hall–Kier alpha value is -0.800. The Bertz CT molecular complexity index is 353. The number of carbonyl (C=O) groups excluding carboxylic acids is 1. The number of hydrogen-bond acceptors (Lipinski definition) is 2. The van der Waals surface area contributed by atoms with Crippen LogP contribution in [0.15, 0.2) is 12.3 Å². The molecule has 5 heteroatoms. The van der Waals surface area contributed by atoms with Gasteiger partial charge in [-0.2, -0.15) is 0 Å². The lowest BCUT2D eigenvalue weighted by Gasteiger charge is -2.09. The van der Waals surface area contributed by atoms with Crippen LogP contribution < -0.4 is 5.32 Å². The first-order chi connectivity index (χ1) is 6.50. The molecule has 1 rings (SSSR count). The zero-order valence-electron chi connectivity index (χ0n) is 7.84. The van der Waals surface area contributed by atoms with Gasteiger partial charge < -0.3 is 5.32 Å². The number of nitrogens with zero attached hydrogens (tertiary/aromatic N) is 1. The average molecular weight is 233 g/mol. The minimum absolute atomic E-state index is 0.0607. The van der Waals surface area contributed by atoms with Crippen molar-refractivity contribution in [2.24, 2.45) is 0 Å². The van der Waals surface area contributed by atoms with E-state index in [2.05, 4.69) is 10.3 Å². The number of carbonyl (C=O) groups is 1. The van der Waals surface area contributed by atoms with Crippen LogP contribution in [0.5, 0.6) is 0 Å². The quantitative estimate of drug-likeness (QED) is 0.797. The van der Waals surface area contributed by atoms with E-state index in [1.54, 1.807) is 0 Å². The SMILES string of the molecule is CC(C)NC(=O)c1cc(Cl)ncc1Cl. The van der Waals surface area contributed by atoms with E-state index in [-0.39, 0.29) is 17.1 Å². The van der Waals surface area contributed by atoms with Crippen LogP contribution in [0.1, 0.15) is 24.2 Å². The molecular weight excluding hydrogens is 223 g/mol. The van der Waals surface area contributed by atoms with Gasteiger partial charge in [-0.15, -0.1) is 0 Å². The molecule has 1 aromatic rings. The molecule has 0 bridgehead atoms. The fourth-order valence-electron chi connectivity index (χ4n) is 0.927. The fourth-order valence-corrected chi connectivity index (χ4v) is 1.27. The van der Waals surface area contributed by atoms with E-state index in [0.29, 0.717) is 10.6 Å². The number of hydrogen-bond donors (Lipinski definition) is 1. The van der Waals surface area contributed by atoms with Gasteiger partial charge in [0.1, 0.15) is 5.15 Å². The third kappa shape index (κ3) is 2.86. The average Bonchev–Trinajstić information content (AvgIpc) is 2.08. The summed E-state index contributed by atoms with van der Waals surface area (Å²) in [6.07, 6.45) is 1.36. The molecule has 0 spiro atoms. The van der Waals surface area contributed by atoms with Gasteiger partial charge in [-0.05, 0) is 19.9 Å². The molecule has 0 atom stereocenters. The van der Waals surface area contributed by atoms with E-state index in [9.17, 15) is 4.79 Å². The first-order valence-electron chi connectivity index (χ1n) is 4.12. The maximum atomic E-state index is 11.5. The first kappa shape index (κ1) is 11.3. The molecule has 3 nitrogen and oxygen atoms in total. The molecule has 1 N–H and O–H groups in total. The maximum Gasteiger partial charge on any atom is 0.253 e. The highest BCUT2D eigenvalue weighted by atomic mass is 35.5. The lowest BCUT2D eigenvalue weighted by atomic mass is 10.2. The van der Waals surface area contributed by atoms with E-state index in [1.165, 1.54) is 12.3 Å². The van der Waals surface area contributed by atoms with Crippen LogP contribution in [0.3, 0.4) is 0 Å². The fraction of sp³-hybridized carbons (Fsp3) is 0.333. The highest BCUT2D eigenvalue weighted by molar-refractivity contribution is 6.35. The van der Waals surface area contributed by atoms with Gasteiger partial charge in [0.05, 0.1) is 10.6 Å². The smallest absolute Gasteiger partial charge is 0.253 e. The molecule has 0 saturated heterocycles. The number of rotatable bonds is 2. The van der Waals surface area contributed by atoms with Crippen molar-refractivity contribution in [1.82, 2.24) is 10.3 Å². The number of halogens is 2. The van der Waals surface area contributed by atoms with Gasteiger partial charge in [0, 0.05) is 12.2 Å². The second-order valence-electron chi connectivity index (χ2n) is 3.12. The van der Waals surface area contributed by atoms with Crippen molar-refractivity contribution in [3.8, 4) is 0 Å². The van der Waals surface area contributed by atoms with E-state index >= 15 is 0 Å². The van der Waals surface area contributed by atoms with Gasteiger partial charge in [-0.1, -0.05) is 23.2 Å². The Kier molecular flexibility index (Phi) is 3.72. The molecule has 14 heavy (non-hydrogen) atoms. The van der Waals surface area contributed by atoms with Crippen molar-refractivity contribution in [3.63, 3.8) is 0 Å². The van der Waals surface area contributed by atoms with Crippen LogP contribution in [0.4, 0.5) is 0 Å². The highest BCUT2D eigenvalue weighted by Crippen LogP contribution is 2.17. The van der Waals surface area contributed by atoms with Gasteiger partial charge in [-0.3, -0.25) is 4.79 Å². The Morgan fingerprint density at radius 2 is 2.14 bits per heavy atom. The van der Waals surface area contributed by atoms with Gasteiger partial charge in [0.2, 0.25) is 0 Å². The first-order valence-corrected chi connectivity index (χ1v) is 4.88. The monoisotopic (exact) mass is 232 g/mol. The Morgan fingerprint density at radius 3 is 2.71 bits per heavy atom. The molecule has 76 valence electrons. The zero-order valence-corrected chi connectivity index (χ0v) is 9.36. The molecule has 1 amide bonds. The largest absolute Gasteiger partial charge is 0.350 e. The zero-order chi connectivity index (χ0) is 10.7. The van der Waals surface area contributed by atoms with Gasteiger partial charge >= 0.3 is 0 Å². The molecule has 0 aliphatic heterocycles. The molecule has 1 heterocycles. The summed E-state index contributed by atoms with van der Waals surface area (Å²) >= 11 is 11.4. The van der Waals surface area contributed by atoms with Crippen molar-refractivity contribution in [2.45, 2.75) is 19.9 Å². The van der Waals surface area contributed by atoms with E-state index in [4.69, 9.17) is 23.2 Å². The topological polar surface area (TPSA) is 42.0 Å². The summed E-state index contributed by atoms with van der Waals surface area (Å²) in [7, 11) is 0. The minimum atomic E-state index is -0.241. The normalized spacial score (nSPS) is 10.4. The lowest BCUT2D eigenvalue weighted by molar-refractivity contribution is 0.0943. The van der Waals surface area contributed by atoms with Gasteiger partial charge in [-0.25, -0.2) is 4.98 Å². The molecule has 1 aromatic heterocycles. The number of amides is 1. The molecule has 0 unspecified atom stereocenters. The summed E-state index contributed by atoms with van der Waals surface area (Å²) in [6, 6.07) is 1.51. The van der Waals surface area contributed by atoms with Gasteiger partial charge in [0.15, 0.2) is 0 Å². The molecule has 0 saturated carbocycles. The van der Waals surface area contributed by atoms with Gasteiger partial charge in [0.25, 0.3) is 5.91 Å². The summed E-state index contributed by atoms with van der Waals surface area (Å²) < 4.78 is 0. The number of nitrogens with one attached hydrogen (secondary N) is 1. The molecule has 0 aromatic carbocycles. The standard InChI is InChI=1S/C9H10Cl2N2O/c1-5(2)13-9(14)6-3-8(11)12-4-7(6)10/h3-5H,1-2H3,(H,13,14). The predicted octanol–water partition coefficient (Wildman–Crippen LogP) is 2.53. The molecular formula is C9H10Cl2N2O. The Morgan fingerprint density at radius 1 is 1.50 bits per heavy atom. The van der Waals surface area contributed by atoms with Crippen LogP contribution in [0, 0.1) is 0 Å². The number of aromatic nitrogens is 1. The van der Waals surface area contributed by atoms with E-state index in [1.807, 2.05) is 13.8 Å². The second-order valence-corrected chi connectivity index (χ2v) is 3.91. The van der Waals surface area contributed by atoms with Crippen LogP contribution in [-0.4, -0.2) is 16.9 Å². The molecule has 0 aliphatic carbocycles. The van der Waals surface area contributed by atoms with Crippen LogP contribution in [-0.2, 0) is 0 Å². The second kappa shape index (κ2) is 4.62. The van der Waals surface area contributed by atoms with Crippen LogP contribution >= 0.6 is 23.2 Å². The highest BCUT2D eigenvalue weighted by Gasteiger charge is 2.11. The van der Waals surface area contributed by atoms with Crippen molar-refractivity contribution < 1.29 is 4.79 Å². The lowest BCUT2D eigenvalue weighted by Crippen LogP contribution is -2.30. The Balaban J connectivity index is 2.94. The van der Waals surface area contributed by atoms with Crippen LogP contribution in [0.2, 0.25) is 10.2 Å². The van der Waals surface area contributed by atoms with Crippen molar-refractivity contribution in [1.29, 1.82) is 0 Å². The third-order valence-corrected chi connectivity index (χ3v) is 1.99. The van der Waals surface area contributed by atoms with E-state index < -0.39 is 0 Å². The number of pyridine rings is 1. The van der Waals surface area contributed by atoms with Crippen molar-refractivity contribution in [3.05, 3.63) is 28.0 Å². The summed E-state index contributed by atoms with van der Waals surface area (Å²) in [5, 5.41) is 3.27. The summed E-state index contributed by atoms with van der Waals surface area (Å²) in [6.45, 7) is 3.74. The van der Waals surface area contributed by atoms with E-state index in [0.717, 1.165) is 0 Å². The summed E-state index contributed by atoms with van der Waals surface area (Å²) in [5.41, 5.74) is 0.348. The van der Waals surface area contributed by atoms with Crippen LogP contribution in [0.25, 0.3) is 0 Å². The van der Waals surface area contributed by atoms with Crippen molar-refractivity contribution in [2.75, 3.05) is 0 Å². The predicted molar refractivity (Wildman–Crippen MR) is 56.9 cm³/mol. The summed E-state index contributed by atoms with van der Waals surface area (Å²) in [4.78, 5) is 15.3. The summed E-state index contributed by atoms with van der Waals surface area (Å²) in [5.74, 6) is -0.241. The molecule has 0 radical (unpaired) electrons. The maximum absolute atomic E-state index is 11.5. The van der Waals surface area contributed by atoms with Crippen molar-refractivity contribution >= 4 is 29.1 Å². The third-order valence-electron chi connectivity index (χ3n) is 1.49.